The molecule has 4 aromatic rings. The monoisotopic (exact) mass is 478 g/mol. The number of hydrogen-bond acceptors (Lipinski definition) is 4. The Balaban J connectivity index is 1.38. The van der Waals surface area contributed by atoms with E-state index in [1.807, 2.05) is 48.5 Å². The molecule has 0 saturated heterocycles. The van der Waals surface area contributed by atoms with Gasteiger partial charge in [0.05, 0.1) is 17.2 Å². The number of benzene rings is 2. The van der Waals surface area contributed by atoms with Crippen LogP contribution in [0.15, 0.2) is 79.0 Å². The first kappa shape index (κ1) is 23.2. The zero-order chi connectivity index (χ0) is 24.1. The van der Waals surface area contributed by atoms with E-state index in [1.165, 1.54) is 6.07 Å². The molecule has 0 fully saturated rings. The molecule has 4 rings (SSSR count). The van der Waals surface area contributed by atoms with E-state index < -0.39 is 23.5 Å². The van der Waals surface area contributed by atoms with Crippen LogP contribution in [-0.2, 0) is 9.53 Å². The van der Waals surface area contributed by atoms with Gasteiger partial charge in [-0.25, -0.2) is 9.18 Å². The van der Waals surface area contributed by atoms with E-state index in [2.05, 4.69) is 5.32 Å². The molecule has 2 aromatic heterocycles. The second kappa shape index (κ2) is 10.3. The first-order valence-corrected chi connectivity index (χ1v) is 10.9. The highest BCUT2D eigenvalue weighted by atomic mass is 35.5. The van der Waals surface area contributed by atoms with Gasteiger partial charge in [-0.05, 0) is 48.4 Å². The van der Waals surface area contributed by atoms with Crippen molar-refractivity contribution in [2.45, 2.75) is 6.42 Å². The molecule has 6 nitrogen and oxygen atoms in total. The Bertz CT molecular complexity index is 1370. The van der Waals surface area contributed by atoms with Gasteiger partial charge in [-0.15, -0.1) is 0 Å². The smallest absolute Gasteiger partial charge is 0.339 e. The minimum Gasteiger partial charge on any atom is -0.462 e. The van der Waals surface area contributed by atoms with E-state index in [0.29, 0.717) is 5.56 Å². The van der Waals surface area contributed by atoms with Gasteiger partial charge in [-0.3, -0.25) is 9.59 Å². The number of carbonyl (C=O) groups excluding carboxylic acids is 3. The summed E-state index contributed by atoms with van der Waals surface area (Å²) < 4.78 is 19.9. The number of nitrogens with zero attached hydrogens (tertiary/aromatic N) is 1. The first-order valence-electron chi connectivity index (χ1n) is 10.6. The lowest BCUT2D eigenvalue weighted by molar-refractivity contribution is -0.117. The van der Waals surface area contributed by atoms with Crippen LogP contribution in [0.5, 0.6) is 0 Å². The highest BCUT2D eigenvalue weighted by Gasteiger charge is 2.24. The molecule has 0 spiro atoms. The van der Waals surface area contributed by atoms with Gasteiger partial charge in [0.25, 0.3) is 11.7 Å². The Morgan fingerprint density at radius 1 is 0.971 bits per heavy atom. The van der Waals surface area contributed by atoms with Crippen LogP contribution in [0.2, 0.25) is 5.02 Å². The van der Waals surface area contributed by atoms with Crippen LogP contribution >= 0.6 is 11.6 Å². The number of Topliss-reactive ketones (excluding diaryl/α,β-unsaturated/α-hetero) is 1. The zero-order valence-electron chi connectivity index (χ0n) is 18.0. The summed E-state index contributed by atoms with van der Waals surface area (Å²) in [6.07, 6.45) is 2.02. The topological polar surface area (TPSA) is 76.9 Å². The Kier molecular flexibility index (Phi) is 7.04. The van der Waals surface area contributed by atoms with E-state index in [-0.39, 0.29) is 35.9 Å². The quantitative estimate of drug-likeness (QED) is 0.168. The van der Waals surface area contributed by atoms with Crippen molar-refractivity contribution in [3.05, 3.63) is 101 Å². The van der Waals surface area contributed by atoms with Gasteiger partial charge in [0.1, 0.15) is 11.5 Å². The van der Waals surface area contributed by atoms with Crippen LogP contribution < -0.4 is 5.32 Å². The second-order valence-corrected chi connectivity index (χ2v) is 7.87. The predicted molar refractivity (Wildman–Crippen MR) is 126 cm³/mol. The molecule has 172 valence electrons. The highest BCUT2D eigenvalue weighted by molar-refractivity contribution is 6.43. The number of nitrogens with one attached hydrogen (secondary N) is 1. The normalized spacial score (nSPS) is 10.8. The van der Waals surface area contributed by atoms with Crippen molar-refractivity contribution in [3.8, 4) is 11.1 Å². The van der Waals surface area contributed by atoms with Crippen molar-refractivity contribution in [1.82, 2.24) is 9.72 Å². The van der Waals surface area contributed by atoms with Crippen molar-refractivity contribution >= 4 is 34.8 Å². The van der Waals surface area contributed by atoms with Crippen LogP contribution in [0.1, 0.15) is 27.3 Å². The molecular weight excluding hydrogens is 459 g/mol. The maximum atomic E-state index is 13.1. The molecule has 34 heavy (non-hydrogen) atoms. The number of amides is 1. The molecular formula is C26H20ClFN2O4. The molecule has 1 amide bonds. The van der Waals surface area contributed by atoms with Crippen LogP contribution in [0, 0.1) is 5.82 Å². The van der Waals surface area contributed by atoms with Crippen molar-refractivity contribution in [2.75, 3.05) is 13.2 Å². The third-order valence-corrected chi connectivity index (χ3v) is 5.49. The summed E-state index contributed by atoms with van der Waals surface area (Å²) in [6.45, 7) is 0.114. The molecule has 2 heterocycles. The molecule has 8 heteroatoms. The van der Waals surface area contributed by atoms with E-state index in [4.69, 9.17) is 16.3 Å². The summed E-state index contributed by atoms with van der Waals surface area (Å²) in [6, 6.07) is 20.1. The van der Waals surface area contributed by atoms with Gasteiger partial charge in [0.15, 0.2) is 0 Å². The standard InChI is InChI=1S/C26H20ClFN2O4/c27-22-15-18(28)10-11-20(22)26(33)34-14-6-12-29-25(32)24(31)23-21(17-7-2-1-3-8-17)16-19-9-4-5-13-30(19)23/h1-5,7-11,13,15-16H,6,12,14H2,(H,29,32). The third-order valence-electron chi connectivity index (χ3n) is 5.18. The lowest BCUT2D eigenvalue weighted by atomic mass is 10.0. The van der Waals surface area contributed by atoms with E-state index in [1.54, 1.807) is 16.7 Å². The lowest BCUT2D eigenvalue weighted by Crippen LogP contribution is -2.33. The predicted octanol–water partition coefficient (Wildman–Crippen LogP) is 4.94. The molecule has 0 saturated carbocycles. The molecule has 0 aliphatic carbocycles. The number of rotatable bonds is 8. The fourth-order valence-electron chi connectivity index (χ4n) is 3.55. The number of esters is 1. The molecule has 0 bridgehead atoms. The summed E-state index contributed by atoms with van der Waals surface area (Å²) in [5.74, 6) is -2.67. The van der Waals surface area contributed by atoms with Gasteiger partial charge in [0.2, 0.25) is 0 Å². The number of hydrogen-bond donors (Lipinski definition) is 1. The summed E-state index contributed by atoms with van der Waals surface area (Å²) >= 11 is 5.85. The lowest BCUT2D eigenvalue weighted by Gasteiger charge is -2.09. The largest absolute Gasteiger partial charge is 0.462 e. The van der Waals surface area contributed by atoms with Crippen molar-refractivity contribution in [1.29, 1.82) is 0 Å². The molecule has 0 aliphatic heterocycles. The third kappa shape index (κ3) is 5.00. The van der Waals surface area contributed by atoms with E-state index >= 15 is 0 Å². The highest BCUT2D eigenvalue weighted by Crippen LogP contribution is 2.28. The minimum atomic E-state index is -0.756. The fourth-order valence-corrected chi connectivity index (χ4v) is 3.80. The summed E-state index contributed by atoms with van der Waals surface area (Å²) in [4.78, 5) is 37.8. The molecule has 0 aliphatic rings. The second-order valence-electron chi connectivity index (χ2n) is 7.47. The zero-order valence-corrected chi connectivity index (χ0v) is 18.7. The maximum absolute atomic E-state index is 13.1. The van der Waals surface area contributed by atoms with E-state index in [9.17, 15) is 18.8 Å². The summed E-state index contributed by atoms with van der Waals surface area (Å²) in [5.41, 5.74) is 2.61. The van der Waals surface area contributed by atoms with E-state index in [0.717, 1.165) is 23.2 Å². The number of carbonyl (C=O) groups is 3. The Labute approximate surface area is 199 Å². The maximum Gasteiger partial charge on any atom is 0.339 e. The van der Waals surface area contributed by atoms with Gasteiger partial charge in [0, 0.05) is 23.8 Å². The number of halogens is 2. The SMILES string of the molecule is O=C(NCCCOC(=O)c1ccc(F)cc1Cl)C(=O)c1c(-c2ccccc2)cc2ccccn12. The summed E-state index contributed by atoms with van der Waals surface area (Å²) in [5, 5.41) is 2.53. The van der Waals surface area contributed by atoms with Gasteiger partial charge in [-0.2, -0.15) is 0 Å². The first-order chi connectivity index (χ1) is 16.5. The average Bonchev–Trinajstić information content (AvgIpc) is 3.23. The number of ether oxygens (including phenoxy) is 1. The van der Waals surface area contributed by atoms with Crippen molar-refractivity contribution in [3.63, 3.8) is 0 Å². The van der Waals surface area contributed by atoms with Gasteiger partial charge < -0.3 is 14.5 Å². The van der Waals surface area contributed by atoms with Crippen LogP contribution in [0.25, 0.3) is 16.6 Å². The average molecular weight is 479 g/mol. The number of pyridine rings is 1. The van der Waals surface area contributed by atoms with Crippen LogP contribution in [0.3, 0.4) is 0 Å². The van der Waals surface area contributed by atoms with Gasteiger partial charge >= 0.3 is 5.97 Å². The van der Waals surface area contributed by atoms with Gasteiger partial charge in [-0.1, -0.05) is 48.0 Å². The number of ketones is 1. The van der Waals surface area contributed by atoms with Crippen molar-refractivity contribution < 1.29 is 23.5 Å². The fraction of sp³-hybridized carbons (Fsp3) is 0.115. The minimum absolute atomic E-state index is 0.00959. The Morgan fingerprint density at radius 2 is 1.74 bits per heavy atom. The Morgan fingerprint density at radius 3 is 2.50 bits per heavy atom. The molecule has 0 radical (unpaired) electrons. The Hall–Kier alpha value is -3.97. The molecule has 2 aromatic carbocycles. The van der Waals surface area contributed by atoms with Crippen LogP contribution in [-0.4, -0.2) is 35.2 Å². The molecule has 1 N–H and O–H groups in total. The van der Waals surface area contributed by atoms with Crippen LogP contribution in [0.4, 0.5) is 4.39 Å². The number of fused-ring (bicyclic) bond motifs is 1. The summed E-state index contributed by atoms with van der Waals surface area (Å²) in [7, 11) is 0. The number of aromatic nitrogens is 1. The molecule has 0 unspecified atom stereocenters. The van der Waals surface area contributed by atoms with Crippen molar-refractivity contribution in [2.24, 2.45) is 0 Å². The molecule has 0 atom stereocenters.